The number of nitrogens with zero attached hydrogens (tertiary/aromatic N) is 1. The van der Waals surface area contributed by atoms with Crippen LogP contribution in [-0.2, 0) is 11.2 Å². The summed E-state index contributed by atoms with van der Waals surface area (Å²) >= 11 is 0. The average molecular weight is 344 g/mol. The molecule has 138 valence electrons. The molecule has 0 radical (unpaired) electrons. The Bertz CT molecular complexity index is 559. The third-order valence-corrected chi connectivity index (χ3v) is 5.97. The Hall–Kier alpha value is -1.55. The van der Waals surface area contributed by atoms with Crippen molar-refractivity contribution in [1.82, 2.24) is 4.90 Å². The van der Waals surface area contributed by atoms with Crippen molar-refractivity contribution in [3.05, 3.63) is 29.8 Å². The van der Waals surface area contributed by atoms with Crippen LogP contribution >= 0.6 is 0 Å². The second-order valence-corrected chi connectivity index (χ2v) is 8.01. The third-order valence-electron chi connectivity index (χ3n) is 5.97. The second kappa shape index (κ2) is 8.70. The van der Waals surface area contributed by atoms with E-state index in [1.165, 1.54) is 37.2 Å². The van der Waals surface area contributed by atoms with Gasteiger partial charge in [-0.05, 0) is 81.6 Å². The Morgan fingerprint density at radius 2 is 1.88 bits per heavy atom. The lowest BCUT2D eigenvalue weighted by molar-refractivity contribution is -0.142. The molecule has 2 aliphatic rings. The van der Waals surface area contributed by atoms with Crippen LogP contribution in [0, 0.1) is 11.8 Å². The van der Waals surface area contributed by atoms with Crippen molar-refractivity contribution in [3.8, 4) is 0 Å². The SMILES string of the molecule is CC1CCN(CCc2cccc(NC3CCC(C(=O)O)CC3)c2)CC1. The molecule has 0 bridgehead atoms. The number of piperidine rings is 1. The molecule has 1 aromatic rings. The lowest BCUT2D eigenvalue weighted by atomic mass is 9.86. The minimum Gasteiger partial charge on any atom is -0.481 e. The van der Waals surface area contributed by atoms with Gasteiger partial charge in [0.2, 0.25) is 0 Å². The van der Waals surface area contributed by atoms with Crippen LogP contribution in [0.1, 0.15) is 51.0 Å². The van der Waals surface area contributed by atoms with Gasteiger partial charge in [-0.25, -0.2) is 0 Å². The second-order valence-electron chi connectivity index (χ2n) is 8.01. The molecule has 1 aromatic carbocycles. The van der Waals surface area contributed by atoms with Crippen LogP contribution in [-0.4, -0.2) is 41.7 Å². The standard InChI is InChI=1S/C21H32N2O2/c1-16-9-12-23(13-10-16)14-11-17-3-2-4-20(15-17)22-19-7-5-18(6-8-19)21(24)25/h2-4,15-16,18-19,22H,5-14H2,1H3,(H,24,25). The zero-order valence-electron chi connectivity index (χ0n) is 15.4. The van der Waals surface area contributed by atoms with Crippen LogP contribution in [0.4, 0.5) is 5.69 Å². The maximum absolute atomic E-state index is 11.1. The molecule has 0 spiro atoms. The van der Waals surface area contributed by atoms with Crippen molar-refractivity contribution in [3.63, 3.8) is 0 Å². The molecule has 25 heavy (non-hydrogen) atoms. The topological polar surface area (TPSA) is 52.6 Å². The first-order valence-corrected chi connectivity index (χ1v) is 9.91. The van der Waals surface area contributed by atoms with Gasteiger partial charge in [-0.3, -0.25) is 4.79 Å². The number of carboxylic acids is 1. The van der Waals surface area contributed by atoms with Crippen LogP contribution in [0.5, 0.6) is 0 Å². The zero-order chi connectivity index (χ0) is 17.6. The van der Waals surface area contributed by atoms with Crippen molar-refractivity contribution in [2.24, 2.45) is 11.8 Å². The number of carbonyl (C=O) groups is 1. The van der Waals surface area contributed by atoms with Gasteiger partial charge >= 0.3 is 5.97 Å². The fourth-order valence-electron chi connectivity index (χ4n) is 4.11. The number of nitrogens with one attached hydrogen (secondary N) is 1. The third kappa shape index (κ3) is 5.46. The van der Waals surface area contributed by atoms with Crippen molar-refractivity contribution in [1.29, 1.82) is 0 Å². The smallest absolute Gasteiger partial charge is 0.306 e. The van der Waals surface area contributed by atoms with E-state index in [4.69, 9.17) is 5.11 Å². The first-order valence-electron chi connectivity index (χ1n) is 9.91. The van der Waals surface area contributed by atoms with Crippen LogP contribution in [0.15, 0.2) is 24.3 Å². The highest BCUT2D eigenvalue weighted by Gasteiger charge is 2.25. The van der Waals surface area contributed by atoms with Crippen LogP contribution in [0.25, 0.3) is 0 Å². The fraction of sp³-hybridized carbons (Fsp3) is 0.667. The Labute approximate surface area is 151 Å². The number of carboxylic acid groups (broad SMARTS) is 1. The number of anilines is 1. The number of benzene rings is 1. The highest BCUT2D eigenvalue weighted by Crippen LogP contribution is 2.27. The maximum atomic E-state index is 11.1. The number of hydrogen-bond acceptors (Lipinski definition) is 3. The molecule has 1 aliphatic heterocycles. The minimum absolute atomic E-state index is 0.142. The van der Waals surface area contributed by atoms with Crippen LogP contribution < -0.4 is 5.32 Å². The van der Waals surface area contributed by atoms with Crippen LogP contribution in [0.2, 0.25) is 0 Å². The Balaban J connectivity index is 1.46. The zero-order valence-corrected chi connectivity index (χ0v) is 15.4. The summed E-state index contributed by atoms with van der Waals surface area (Å²) in [7, 11) is 0. The van der Waals surface area contributed by atoms with E-state index in [1.54, 1.807) is 0 Å². The highest BCUT2D eigenvalue weighted by atomic mass is 16.4. The molecule has 4 heteroatoms. The van der Waals surface area contributed by atoms with Crippen molar-refractivity contribution < 1.29 is 9.90 Å². The predicted molar refractivity (Wildman–Crippen MR) is 102 cm³/mol. The van der Waals surface area contributed by atoms with Gasteiger partial charge in [0.25, 0.3) is 0 Å². The molecular weight excluding hydrogens is 312 g/mol. The van der Waals surface area contributed by atoms with Crippen molar-refractivity contribution >= 4 is 11.7 Å². The molecule has 1 aliphatic carbocycles. The molecule has 0 aromatic heterocycles. The number of likely N-dealkylation sites (tertiary alicyclic amines) is 1. The Kier molecular flexibility index (Phi) is 6.35. The van der Waals surface area contributed by atoms with E-state index in [-0.39, 0.29) is 5.92 Å². The molecule has 0 amide bonds. The lowest BCUT2D eigenvalue weighted by Gasteiger charge is -2.30. The molecule has 3 rings (SSSR count). The van der Waals surface area contributed by atoms with Crippen molar-refractivity contribution in [2.45, 2.75) is 57.9 Å². The predicted octanol–water partition coefficient (Wildman–Crippen LogP) is 4.02. The summed E-state index contributed by atoms with van der Waals surface area (Å²) in [4.78, 5) is 13.7. The lowest BCUT2D eigenvalue weighted by Crippen LogP contribution is -2.34. The first-order chi connectivity index (χ1) is 12.1. The van der Waals surface area contributed by atoms with E-state index < -0.39 is 5.97 Å². The first kappa shape index (κ1) is 18.2. The van der Waals surface area contributed by atoms with Gasteiger partial charge in [0.05, 0.1) is 5.92 Å². The number of hydrogen-bond donors (Lipinski definition) is 2. The number of rotatable bonds is 6. The normalized spacial score (nSPS) is 25.6. The van der Waals surface area contributed by atoms with Gasteiger partial charge in [0.1, 0.15) is 0 Å². The van der Waals surface area contributed by atoms with E-state index in [9.17, 15) is 4.79 Å². The molecule has 2 N–H and O–H groups in total. The molecule has 1 heterocycles. The van der Waals surface area contributed by atoms with E-state index in [0.717, 1.165) is 44.6 Å². The Morgan fingerprint density at radius 3 is 2.56 bits per heavy atom. The monoisotopic (exact) mass is 344 g/mol. The molecule has 1 saturated heterocycles. The summed E-state index contributed by atoms with van der Waals surface area (Å²) in [5.74, 6) is 0.115. The van der Waals surface area contributed by atoms with Gasteiger partial charge in [-0.1, -0.05) is 19.1 Å². The fourth-order valence-corrected chi connectivity index (χ4v) is 4.11. The van der Waals surface area contributed by atoms with E-state index in [0.29, 0.717) is 6.04 Å². The summed E-state index contributed by atoms with van der Waals surface area (Å²) in [6.45, 7) is 5.99. The van der Waals surface area contributed by atoms with Gasteiger partial charge in [-0.2, -0.15) is 0 Å². The number of aliphatic carboxylic acids is 1. The van der Waals surface area contributed by atoms with Gasteiger partial charge in [0.15, 0.2) is 0 Å². The summed E-state index contributed by atoms with van der Waals surface area (Å²) in [6.07, 6.45) is 7.26. The highest BCUT2D eigenvalue weighted by molar-refractivity contribution is 5.70. The molecule has 2 fully saturated rings. The van der Waals surface area contributed by atoms with E-state index in [1.807, 2.05) is 0 Å². The molecular formula is C21H32N2O2. The average Bonchev–Trinajstić information content (AvgIpc) is 2.62. The molecule has 0 unspecified atom stereocenters. The van der Waals surface area contributed by atoms with Crippen molar-refractivity contribution in [2.75, 3.05) is 25.0 Å². The summed E-state index contributed by atoms with van der Waals surface area (Å²) in [5, 5.41) is 12.7. The van der Waals surface area contributed by atoms with Gasteiger partial charge in [0, 0.05) is 18.3 Å². The largest absolute Gasteiger partial charge is 0.481 e. The molecule has 4 nitrogen and oxygen atoms in total. The Morgan fingerprint density at radius 1 is 1.16 bits per heavy atom. The summed E-state index contributed by atoms with van der Waals surface area (Å²) in [5.41, 5.74) is 2.58. The molecule has 1 saturated carbocycles. The van der Waals surface area contributed by atoms with E-state index >= 15 is 0 Å². The van der Waals surface area contributed by atoms with Gasteiger partial charge < -0.3 is 15.3 Å². The molecule has 0 atom stereocenters. The minimum atomic E-state index is -0.632. The van der Waals surface area contributed by atoms with Crippen LogP contribution in [0.3, 0.4) is 0 Å². The summed E-state index contributed by atoms with van der Waals surface area (Å²) in [6, 6.07) is 9.18. The quantitative estimate of drug-likeness (QED) is 0.818. The maximum Gasteiger partial charge on any atom is 0.306 e. The van der Waals surface area contributed by atoms with E-state index in [2.05, 4.69) is 41.4 Å². The summed E-state index contributed by atoms with van der Waals surface area (Å²) < 4.78 is 0. The van der Waals surface area contributed by atoms with Gasteiger partial charge in [-0.15, -0.1) is 0 Å².